The first-order chi connectivity index (χ1) is 9.64. The molecule has 1 fully saturated rings. The number of hydrogen-bond donors (Lipinski definition) is 1. The van der Waals surface area contributed by atoms with Gasteiger partial charge in [-0.3, -0.25) is 4.79 Å². The van der Waals surface area contributed by atoms with E-state index >= 15 is 0 Å². The maximum absolute atomic E-state index is 12.3. The number of rotatable bonds is 4. The van der Waals surface area contributed by atoms with Gasteiger partial charge >= 0.3 is 6.09 Å². The van der Waals surface area contributed by atoms with Gasteiger partial charge in [-0.2, -0.15) is 0 Å². The van der Waals surface area contributed by atoms with Crippen molar-refractivity contribution in [3.8, 4) is 0 Å². The predicted octanol–water partition coefficient (Wildman–Crippen LogP) is 1.44. The molecule has 21 heavy (non-hydrogen) atoms. The Hall–Kier alpha value is -1.30. The van der Waals surface area contributed by atoms with Gasteiger partial charge in [-0.25, -0.2) is 4.79 Å². The molecule has 2 N–H and O–H groups in total. The third-order valence-corrected chi connectivity index (χ3v) is 3.52. The van der Waals surface area contributed by atoms with Gasteiger partial charge in [-0.05, 0) is 47.0 Å². The van der Waals surface area contributed by atoms with Gasteiger partial charge in [0.25, 0.3) is 0 Å². The van der Waals surface area contributed by atoms with Crippen LogP contribution < -0.4 is 5.73 Å². The van der Waals surface area contributed by atoms with Crippen molar-refractivity contribution >= 4 is 12.0 Å². The van der Waals surface area contributed by atoms with Crippen molar-refractivity contribution in [1.82, 2.24) is 9.80 Å². The molecule has 6 heteroatoms. The zero-order valence-corrected chi connectivity index (χ0v) is 13.9. The van der Waals surface area contributed by atoms with Crippen molar-refractivity contribution in [2.75, 3.05) is 26.2 Å². The minimum Gasteiger partial charge on any atom is -0.444 e. The van der Waals surface area contributed by atoms with Crippen LogP contribution in [-0.2, 0) is 9.53 Å². The summed E-state index contributed by atoms with van der Waals surface area (Å²) in [4.78, 5) is 27.4. The molecule has 1 rings (SSSR count). The Balaban J connectivity index is 2.60. The van der Waals surface area contributed by atoms with Gasteiger partial charge in [0.15, 0.2) is 0 Å². The van der Waals surface area contributed by atoms with E-state index < -0.39 is 5.60 Å². The van der Waals surface area contributed by atoms with Gasteiger partial charge < -0.3 is 20.3 Å². The molecule has 1 aliphatic rings. The van der Waals surface area contributed by atoms with Crippen LogP contribution in [0.15, 0.2) is 0 Å². The molecule has 0 saturated carbocycles. The van der Waals surface area contributed by atoms with E-state index in [1.807, 2.05) is 34.6 Å². The molecule has 1 aliphatic heterocycles. The molecule has 1 heterocycles. The number of carbonyl (C=O) groups excluding carboxylic acids is 2. The van der Waals surface area contributed by atoms with Crippen molar-refractivity contribution in [2.24, 2.45) is 11.7 Å². The highest BCUT2D eigenvalue weighted by Crippen LogP contribution is 2.20. The fourth-order valence-electron chi connectivity index (χ4n) is 2.43. The topological polar surface area (TPSA) is 75.9 Å². The molecular weight excluding hydrogens is 270 g/mol. The van der Waals surface area contributed by atoms with Crippen LogP contribution in [0.5, 0.6) is 0 Å². The van der Waals surface area contributed by atoms with Crippen LogP contribution in [0.4, 0.5) is 4.79 Å². The molecule has 0 aromatic carbocycles. The average molecular weight is 299 g/mol. The molecule has 1 saturated heterocycles. The Labute approximate surface area is 127 Å². The molecule has 1 unspecified atom stereocenters. The zero-order chi connectivity index (χ0) is 16.2. The Morgan fingerprint density at radius 2 is 2.00 bits per heavy atom. The Bertz CT molecular complexity index is 377. The molecule has 2 amide bonds. The largest absolute Gasteiger partial charge is 0.444 e. The van der Waals surface area contributed by atoms with E-state index in [9.17, 15) is 9.59 Å². The first-order valence-corrected chi connectivity index (χ1v) is 7.61. The summed E-state index contributed by atoms with van der Waals surface area (Å²) in [6, 6.07) is 0.0686. The van der Waals surface area contributed by atoms with Crippen molar-refractivity contribution < 1.29 is 14.3 Å². The molecule has 0 bridgehead atoms. The lowest BCUT2D eigenvalue weighted by atomic mass is 10.1. The highest BCUT2D eigenvalue weighted by Gasteiger charge is 2.31. The summed E-state index contributed by atoms with van der Waals surface area (Å²) in [6.45, 7) is 11.6. The standard InChI is InChI=1S/C15H29N3O3/c1-11(2)18(14(20)21-15(3,4)5)10-12-6-7-17(9-12)13(19)8-16/h11-12H,6-10,16H2,1-5H3. The number of likely N-dealkylation sites (tertiary alicyclic amines) is 1. The summed E-state index contributed by atoms with van der Waals surface area (Å²) < 4.78 is 5.45. The minimum absolute atomic E-state index is 0.0223. The molecule has 0 radical (unpaired) electrons. The Kier molecular flexibility index (Phi) is 6.01. The van der Waals surface area contributed by atoms with E-state index in [0.717, 1.165) is 13.0 Å². The van der Waals surface area contributed by atoms with Crippen LogP contribution in [0.25, 0.3) is 0 Å². The Morgan fingerprint density at radius 3 is 2.48 bits per heavy atom. The first-order valence-electron chi connectivity index (χ1n) is 7.61. The molecule has 6 nitrogen and oxygen atoms in total. The summed E-state index contributed by atoms with van der Waals surface area (Å²) in [5, 5.41) is 0. The normalized spacial score (nSPS) is 19.0. The summed E-state index contributed by atoms with van der Waals surface area (Å²) in [7, 11) is 0. The number of ether oxygens (including phenoxy) is 1. The van der Waals surface area contributed by atoms with E-state index in [0.29, 0.717) is 13.1 Å². The van der Waals surface area contributed by atoms with E-state index in [-0.39, 0.29) is 30.5 Å². The lowest BCUT2D eigenvalue weighted by Gasteiger charge is -2.31. The first kappa shape index (κ1) is 17.8. The van der Waals surface area contributed by atoms with Crippen LogP contribution in [0.2, 0.25) is 0 Å². The molecular formula is C15H29N3O3. The monoisotopic (exact) mass is 299 g/mol. The van der Waals surface area contributed by atoms with Crippen LogP contribution in [0.3, 0.4) is 0 Å². The highest BCUT2D eigenvalue weighted by atomic mass is 16.6. The van der Waals surface area contributed by atoms with Gasteiger partial charge in [-0.15, -0.1) is 0 Å². The van der Waals surface area contributed by atoms with Crippen LogP contribution >= 0.6 is 0 Å². The van der Waals surface area contributed by atoms with Crippen LogP contribution in [0.1, 0.15) is 41.0 Å². The lowest BCUT2D eigenvalue weighted by Crippen LogP contribution is -2.44. The smallest absolute Gasteiger partial charge is 0.410 e. The number of nitrogens with zero attached hydrogens (tertiary/aromatic N) is 2. The van der Waals surface area contributed by atoms with Crippen molar-refractivity contribution in [2.45, 2.75) is 52.7 Å². The second-order valence-corrected chi connectivity index (χ2v) is 6.93. The predicted molar refractivity (Wildman–Crippen MR) is 81.8 cm³/mol. The van der Waals surface area contributed by atoms with Crippen LogP contribution in [-0.4, -0.2) is 59.6 Å². The molecule has 0 aliphatic carbocycles. The van der Waals surface area contributed by atoms with E-state index in [1.165, 1.54) is 0 Å². The van der Waals surface area contributed by atoms with Crippen molar-refractivity contribution in [3.63, 3.8) is 0 Å². The van der Waals surface area contributed by atoms with Crippen molar-refractivity contribution in [3.05, 3.63) is 0 Å². The van der Waals surface area contributed by atoms with Gasteiger partial charge in [0.2, 0.25) is 5.91 Å². The lowest BCUT2D eigenvalue weighted by molar-refractivity contribution is -0.128. The SMILES string of the molecule is CC(C)N(CC1CCN(C(=O)CN)C1)C(=O)OC(C)(C)C. The van der Waals surface area contributed by atoms with Gasteiger partial charge in [-0.1, -0.05) is 0 Å². The second-order valence-electron chi connectivity index (χ2n) is 6.93. The molecule has 1 atom stereocenters. The summed E-state index contributed by atoms with van der Waals surface area (Å²) in [6.07, 6.45) is 0.610. The van der Waals surface area contributed by atoms with E-state index in [1.54, 1.807) is 9.80 Å². The average Bonchev–Trinajstić information content (AvgIpc) is 2.80. The summed E-state index contributed by atoms with van der Waals surface area (Å²) in [5.41, 5.74) is 4.89. The number of hydrogen-bond acceptors (Lipinski definition) is 4. The number of carbonyl (C=O) groups is 2. The van der Waals surface area contributed by atoms with Gasteiger partial charge in [0.1, 0.15) is 5.60 Å². The second kappa shape index (κ2) is 7.11. The molecule has 0 aromatic heterocycles. The molecule has 0 spiro atoms. The van der Waals surface area contributed by atoms with Gasteiger partial charge in [0, 0.05) is 25.7 Å². The summed E-state index contributed by atoms with van der Waals surface area (Å²) >= 11 is 0. The maximum Gasteiger partial charge on any atom is 0.410 e. The minimum atomic E-state index is -0.499. The maximum atomic E-state index is 12.3. The fourth-order valence-corrected chi connectivity index (χ4v) is 2.43. The molecule has 122 valence electrons. The number of nitrogens with two attached hydrogens (primary N) is 1. The van der Waals surface area contributed by atoms with Crippen LogP contribution in [0, 0.1) is 5.92 Å². The molecule has 0 aromatic rings. The van der Waals surface area contributed by atoms with E-state index in [4.69, 9.17) is 10.5 Å². The fraction of sp³-hybridized carbons (Fsp3) is 0.867. The van der Waals surface area contributed by atoms with Gasteiger partial charge in [0.05, 0.1) is 6.54 Å². The Morgan fingerprint density at radius 1 is 1.38 bits per heavy atom. The number of amides is 2. The third-order valence-electron chi connectivity index (χ3n) is 3.52. The summed E-state index contributed by atoms with van der Waals surface area (Å²) in [5.74, 6) is 0.265. The quantitative estimate of drug-likeness (QED) is 0.852. The third kappa shape index (κ3) is 5.53. The zero-order valence-electron chi connectivity index (χ0n) is 13.9. The van der Waals surface area contributed by atoms with E-state index in [2.05, 4.69) is 0 Å². The van der Waals surface area contributed by atoms with Crippen molar-refractivity contribution in [1.29, 1.82) is 0 Å². The highest BCUT2D eigenvalue weighted by molar-refractivity contribution is 5.78.